The van der Waals surface area contributed by atoms with Gasteiger partial charge < -0.3 is 10.4 Å². The highest BCUT2D eigenvalue weighted by Gasteiger charge is 2.40. The summed E-state index contributed by atoms with van der Waals surface area (Å²) in [6.45, 7) is 0. The standard InChI is InChI=1S/C19H15ClN2O4/c20-16-9-10(22(25)26)8-15-11-6-3-7-12(11)17(21-18(15)16)13-4-1-2-5-14(13)19(23)24/h1-6,8-9,11-12,17,21H,7H2,(H,23,24)/t11-,12+,17-/m1/s1. The number of hydrogen-bond acceptors (Lipinski definition) is 4. The summed E-state index contributed by atoms with van der Waals surface area (Å²) in [7, 11) is 0. The van der Waals surface area contributed by atoms with Crippen molar-refractivity contribution < 1.29 is 14.8 Å². The minimum atomic E-state index is -0.981. The van der Waals surface area contributed by atoms with Crippen molar-refractivity contribution >= 4 is 28.9 Å². The largest absolute Gasteiger partial charge is 0.478 e. The van der Waals surface area contributed by atoms with Crippen LogP contribution in [0.25, 0.3) is 0 Å². The quantitative estimate of drug-likeness (QED) is 0.461. The van der Waals surface area contributed by atoms with Crippen molar-refractivity contribution in [2.75, 3.05) is 5.32 Å². The van der Waals surface area contributed by atoms with Crippen molar-refractivity contribution in [3.05, 3.63) is 80.4 Å². The molecule has 2 aromatic rings. The summed E-state index contributed by atoms with van der Waals surface area (Å²) >= 11 is 6.33. The number of halogens is 1. The van der Waals surface area contributed by atoms with Crippen molar-refractivity contribution in [3.63, 3.8) is 0 Å². The number of carboxylic acid groups (broad SMARTS) is 1. The molecule has 1 heterocycles. The molecule has 2 N–H and O–H groups in total. The number of nitrogens with zero attached hydrogens (tertiary/aromatic N) is 1. The third-order valence-corrected chi connectivity index (χ3v) is 5.44. The van der Waals surface area contributed by atoms with Gasteiger partial charge in [-0.1, -0.05) is 42.0 Å². The molecule has 1 aliphatic heterocycles. The molecule has 6 nitrogen and oxygen atoms in total. The fourth-order valence-corrected chi connectivity index (χ4v) is 4.29. The highest BCUT2D eigenvalue weighted by molar-refractivity contribution is 6.33. The van der Waals surface area contributed by atoms with Crippen LogP contribution in [0.1, 0.15) is 39.9 Å². The van der Waals surface area contributed by atoms with Gasteiger partial charge in [-0.3, -0.25) is 10.1 Å². The maximum Gasteiger partial charge on any atom is 0.336 e. The van der Waals surface area contributed by atoms with E-state index in [1.54, 1.807) is 24.3 Å². The van der Waals surface area contributed by atoms with Crippen LogP contribution in [0, 0.1) is 16.0 Å². The summed E-state index contributed by atoms with van der Waals surface area (Å²) in [4.78, 5) is 22.4. The topological polar surface area (TPSA) is 92.5 Å². The molecular weight excluding hydrogens is 356 g/mol. The molecule has 7 heteroatoms. The molecule has 0 fully saturated rings. The lowest BCUT2D eigenvalue weighted by atomic mass is 9.76. The molecule has 3 atom stereocenters. The number of nitro groups is 1. The summed E-state index contributed by atoms with van der Waals surface area (Å²) in [6, 6.07) is 9.55. The Morgan fingerprint density at radius 1 is 1.27 bits per heavy atom. The van der Waals surface area contributed by atoms with Gasteiger partial charge in [-0.15, -0.1) is 0 Å². The second-order valence-corrected chi connectivity index (χ2v) is 6.92. The first kappa shape index (κ1) is 16.6. The van der Waals surface area contributed by atoms with E-state index in [1.165, 1.54) is 6.07 Å². The average Bonchev–Trinajstić information content (AvgIpc) is 3.11. The van der Waals surface area contributed by atoms with Gasteiger partial charge in [0, 0.05) is 18.1 Å². The van der Waals surface area contributed by atoms with E-state index in [-0.39, 0.29) is 34.2 Å². The van der Waals surface area contributed by atoms with Crippen LogP contribution < -0.4 is 5.32 Å². The first-order valence-electron chi connectivity index (χ1n) is 8.20. The molecular formula is C19H15ClN2O4. The normalized spacial score (nSPS) is 23.0. The third-order valence-electron chi connectivity index (χ3n) is 5.14. The monoisotopic (exact) mass is 370 g/mol. The fourth-order valence-electron chi connectivity index (χ4n) is 4.02. The average molecular weight is 371 g/mol. The highest BCUT2D eigenvalue weighted by atomic mass is 35.5. The number of non-ortho nitro benzene ring substituents is 1. The lowest BCUT2D eigenvalue weighted by molar-refractivity contribution is -0.384. The fraction of sp³-hybridized carbons (Fsp3) is 0.211. The molecule has 0 aromatic heterocycles. The predicted molar refractivity (Wildman–Crippen MR) is 97.9 cm³/mol. The van der Waals surface area contributed by atoms with Crippen molar-refractivity contribution in [2.24, 2.45) is 5.92 Å². The van der Waals surface area contributed by atoms with Crippen molar-refractivity contribution in [2.45, 2.75) is 18.4 Å². The molecule has 0 unspecified atom stereocenters. The number of aromatic carboxylic acids is 1. The summed E-state index contributed by atoms with van der Waals surface area (Å²) in [5.74, 6) is -0.956. The summed E-state index contributed by atoms with van der Waals surface area (Å²) in [5, 5.41) is 24.3. The molecule has 4 rings (SSSR count). The van der Waals surface area contributed by atoms with Crippen molar-refractivity contribution in [1.29, 1.82) is 0 Å². The van der Waals surface area contributed by atoms with E-state index in [0.29, 0.717) is 11.3 Å². The van der Waals surface area contributed by atoms with Crippen LogP contribution in [-0.4, -0.2) is 16.0 Å². The summed E-state index contributed by atoms with van der Waals surface area (Å²) in [6.07, 6.45) is 4.83. The van der Waals surface area contributed by atoms with Crippen LogP contribution >= 0.6 is 11.6 Å². The summed E-state index contributed by atoms with van der Waals surface area (Å²) in [5.41, 5.74) is 2.32. The molecule has 0 amide bonds. The van der Waals surface area contributed by atoms with E-state index >= 15 is 0 Å². The van der Waals surface area contributed by atoms with Gasteiger partial charge >= 0.3 is 5.97 Å². The van der Waals surface area contributed by atoms with Crippen molar-refractivity contribution in [1.82, 2.24) is 0 Å². The molecule has 0 saturated heterocycles. The lowest BCUT2D eigenvalue weighted by Gasteiger charge is -2.38. The number of carboxylic acids is 1. The Morgan fingerprint density at radius 3 is 2.77 bits per heavy atom. The Morgan fingerprint density at radius 2 is 2.04 bits per heavy atom. The molecule has 0 spiro atoms. The maximum absolute atomic E-state index is 11.6. The molecule has 0 saturated carbocycles. The van der Waals surface area contributed by atoms with Gasteiger partial charge in [-0.05, 0) is 29.5 Å². The number of carbonyl (C=O) groups is 1. The van der Waals surface area contributed by atoms with Gasteiger partial charge in [-0.2, -0.15) is 0 Å². The van der Waals surface area contributed by atoms with Crippen LogP contribution in [0.4, 0.5) is 11.4 Å². The maximum atomic E-state index is 11.6. The van der Waals surface area contributed by atoms with E-state index < -0.39 is 10.9 Å². The first-order valence-corrected chi connectivity index (χ1v) is 8.58. The van der Waals surface area contributed by atoms with E-state index in [1.807, 2.05) is 18.2 Å². The number of nitro benzene ring substituents is 1. The van der Waals surface area contributed by atoms with Gasteiger partial charge in [0.25, 0.3) is 5.69 Å². The van der Waals surface area contributed by atoms with E-state index in [0.717, 1.165) is 12.0 Å². The Bertz CT molecular complexity index is 957. The van der Waals surface area contributed by atoms with Gasteiger partial charge in [0.2, 0.25) is 0 Å². The third kappa shape index (κ3) is 2.54. The number of allylic oxidation sites excluding steroid dienone is 2. The minimum Gasteiger partial charge on any atom is -0.478 e. The van der Waals surface area contributed by atoms with Crippen molar-refractivity contribution in [3.8, 4) is 0 Å². The van der Waals surface area contributed by atoms with Crippen LogP contribution in [0.2, 0.25) is 5.02 Å². The number of fused-ring (bicyclic) bond motifs is 3. The second-order valence-electron chi connectivity index (χ2n) is 6.52. The van der Waals surface area contributed by atoms with Gasteiger partial charge in [0.15, 0.2) is 0 Å². The first-order chi connectivity index (χ1) is 12.5. The summed E-state index contributed by atoms with van der Waals surface area (Å²) < 4.78 is 0. The molecule has 2 aromatic carbocycles. The number of benzene rings is 2. The number of anilines is 1. The molecule has 132 valence electrons. The van der Waals surface area contributed by atoms with Crippen LogP contribution in [0.5, 0.6) is 0 Å². The van der Waals surface area contributed by atoms with Crippen LogP contribution in [0.15, 0.2) is 48.6 Å². The van der Waals surface area contributed by atoms with E-state index in [4.69, 9.17) is 11.6 Å². The molecule has 1 aliphatic carbocycles. The van der Waals surface area contributed by atoms with Gasteiger partial charge in [0.05, 0.1) is 27.2 Å². The van der Waals surface area contributed by atoms with Crippen LogP contribution in [-0.2, 0) is 0 Å². The Balaban J connectivity index is 1.86. The second kappa shape index (κ2) is 6.14. The molecule has 0 bridgehead atoms. The molecule has 26 heavy (non-hydrogen) atoms. The SMILES string of the molecule is O=C(O)c1ccccc1[C@@H]1Nc2c(Cl)cc([N+](=O)[O-])cc2[C@@H]2C=CC[C@@H]21. The van der Waals surface area contributed by atoms with E-state index in [9.17, 15) is 20.0 Å². The number of nitrogens with one attached hydrogen (secondary N) is 1. The van der Waals surface area contributed by atoms with Gasteiger partial charge in [0.1, 0.15) is 0 Å². The lowest BCUT2D eigenvalue weighted by Crippen LogP contribution is -2.30. The molecule has 2 aliphatic rings. The number of hydrogen-bond donors (Lipinski definition) is 2. The minimum absolute atomic E-state index is 0.0426. The zero-order chi connectivity index (χ0) is 18.4. The zero-order valence-corrected chi connectivity index (χ0v) is 14.3. The predicted octanol–water partition coefficient (Wildman–Crippen LogP) is 4.77. The van der Waals surface area contributed by atoms with E-state index in [2.05, 4.69) is 5.32 Å². The molecule has 0 radical (unpaired) electrons. The Labute approximate surface area is 154 Å². The zero-order valence-electron chi connectivity index (χ0n) is 13.6. The number of rotatable bonds is 3. The van der Waals surface area contributed by atoms with Gasteiger partial charge in [-0.25, -0.2) is 4.79 Å². The Hall–Kier alpha value is -2.86. The smallest absolute Gasteiger partial charge is 0.336 e. The highest BCUT2D eigenvalue weighted by Crippen LogP contribution is 2.52. The van der Waals surface area contributed by atoms with Crippen LogP contribution in [0.3, 0.4) is 0 Å². The Kier molecular flexibility index (Phi) is 3.92.